The van der Waals surface area contributed by atoms with E-state index in [0.717, 1.165) is 11.1 Å². The Morgan fingerprint density at radius 1 is 1.05 bits per heavy atom. The Morgan fingerprint density at radius 2 is 1.63 bits per heavy atom. The second kappa shape index (κ2) is 5.09. The van der Waals surface area contributed by atoms with Gasteiger partial charge in [-0.1, -0.05) is 53.5 Å². The fraction of sp³-hybridized carbons (Fsp3) is 0.471. The van der Waals surface area contributed by atoms with E-state index >= 15 is 0 Å². The van der Waals surface area contributed by atoms with Crippen LogP contribution in [0.25, 0.3) is 0 Å². The fourth-order valence-corrected chi connectivity index (χ4v) is 1.84. The molecule has 102 valence electrons. The van der Waals surface area contributed by atoms with Gasteiger partial charge in [0.2, 0.25) is 0 Å². The Morgan fingerprint density at radius 3 is 2.05 bits per heavy atom. The van der Waals surface area contributed by atoms with Gasteiger partial charge in [-0.25, -0.2) is 0 Å². The number of rotatable bonds is 0. The molecule has 1 aromatic carbocycles. The van der Waals surface area contributed by atoms with E-state index in [1.54, 1.807) is 0 Å². The lowest BCUT2D eigenvalue weighted by Crippen LogP contribution is -2.17. The average Bonchev–Trinajstić information content (AvgIpc) is 2.24. The number of carbonyl (C=O) groups is 1. The molecule has 19 heavy (non-hydrogen) atoms. The van der Waals surface area contributed by atoms with Gasteiger partial charge in [0.05, 0.1) is 5.56 Å². The number of hydrogen-bond donors (Lipinski definition) is 1. The third-order valence-corrected chi connectivity index (χ3v) is 3.05. The highest BCUT2D eigenvalue weighted by Gasteiger charge is 2.24. The summed E-state index contributed by atoms with van der Waals surface area (Å²) in [6, 6.07) is 3.89. The lowest BCUT2D eigenvalue weighted by Gasteiger charge is -2.26. The molecule has 2 nitrogen and oxygen atoms in total. The predicted octanol–water partition coefficient (Wildman–Crippen LogP) is 3.54. The largest absolute Gasteiger partial charge is 0.506 e. The zero-order chi connectivity index (χ0) is 14.8. The van der Waals surface area contributed by atoms with Crippen molar-refractivity contribution in [3.05, 3.63) is 28.8 Å². The van der Waals surface area contributed by atoms with Gasteiger partial charge >= 0.3 is 0 Å². The number of phenolic OH excluding ortho intramolecular Hbond substituents is 1. The van der Waals surface area contributed by atoms with Gasteiger partial charge in [-0.15, -0.1) is 0 Å². The van der Waals surface area contributed by atoms with Crippen molar-refractivity contribution in [1.82, 2.24) is 0 Å². The molecular weight excluding hydrogens is 236 g/mol. The number of carbonyl (C=O) groups excluding carboxylic acids is 1. The summed E-state index contributed by atoms with van der Waals surface area (Å²) >= 11 is 0. The molecule has 0 aliphatic carbocycles. The molecule has 0 aliphatic rings. The molecule has 0 bridgehead atoms. The van der Waals surface area contributed by atoms with Crippen LogP contribution in [0, 0.1) is 11.8 Å². The molecule has 0 spiro atoms. The van der Waals surface area contributed by atoms with Crippen molar-refractivity contribution in [1.29, 1.82) is 0 Å². The summed E-state index contributed by atoms with van der Waals surface area (Å²) < 4.78 is 0. The van der Waals surface area contributed by atoms with E-state index in [0.29, 0.717) is 11.8 Å². The van der Waals surface area contributed by atoms with Crippen LogP contribution in [-0.2, 0) is 15.6 Å². The maximum atomic E-state index is 10.4. The molecule has 1 N–H and O–H groups in total. The standard InChI is InChI=1S/C17H22O2/c1-16(2,3)13-10-12(8-7-9-18)15(19)14(11-13)17(4,5)6/h9-11,19H,1-6H3. The maximum Gasteiger partial charge on any atom is 0.193 e. The molecule has 1 rings (SSSR count). The van der Waals surface area contributed by atoms with Crippen molar-refractivity contribution in [2.75, 3.05) is 0 Å². The molecular formula is C17H22O2. The van der Waals surface area contributed by atoms with E-state index in [2.05, 4.69) is 32.6 Å². The van der Waals surface area contributed by atoms with Crippen LogP contribution in [0.3, 0.4) is 0 Å². The van der Waals surface area contributed by atoms with Crippen molar-refractivity contribution in [3.63, 3.8) is 0 Å². The summed E-state index contributed by atoms with van der Waals surface area (Å²) in [6.45, 7) is 12.5. The average molecular weight is 258 g/mol. The Hall–Kier alpha value is -1.75. The first kappa shape index (κ1) is 15.3. The lowest BCUT2D eigenvalue weighted by atomic mass is 9.79. The second-order valence-corrected chi connectivity index (χ2v) is 6.81. The molecule has 0 saturated carbocycles. The highest BCUT2D eigenvalue weighted by Crippen LogP contribution is 2.37. The van der Waals surface area contributed by atoms with Crippen molar-refractivity contribution in [2.45, 2.75) is 52.4 Å². The van der Waals surface area contributed by atoms with Crippen LogP contribution in [-0.4, -0.2) is 11.4 Å². The first-order valence-corrected chi connectivity index (χ1v) is 6.40. The highest BCUT2D eigenvalue weighted by molar-refractivity contribution is 5.75. The van der Waals surface area contributed by atoms with Gasteiger partial charge < -0.3 is 5.11 Å². The van der Waals surface area contributed by atoms with Gasteiger partial charge in [-0.3, -0.25) is 4.79 Å². The summed E-state index contributed by atoms with van der Waals surface area (Å²) in [7, 11) is 0. The smallest absolute Gasteiger partial charge is 0.193 e. The lowest BCUT2D eigenvalue weighted by molar-refractivity contribution is -0.103. The summed E-state index contributed by atoms with van der Waals surface area (Å²) in [5, 5.41) is 10.3. The summed E-state index contributed by atoms with van der Waals surface area (Å²) in [4.78, 5) is 10.4. The van der Waals surface area contributed by atoms with Crippen LogP contribution >= 0.6 is 0 Å². The molecule has 0 radical (unpaired) electrons. The van der Waals surface area contributed by atoms with Crippen molar-refractivity contribution in [2.24, 2.45) is 0 Å². The van der Waals surface area contributed by atoms with E-state index in [1.165, 1.54) is 0 Å². The van der Waals surface area contributed by atoms with Gasteiger partial charge in [0.1, 0.15) is 5.75 Å². The molecule has 0 aromatic heterocycles. The van der Waals surface area contributed by atoms with E-state index in [4.69, 9.17) is 0 Å². The highest BCUT2D eigenvalue weighted by atomic mass is 16.3. The fourth-order valence-electron chi connectivity index (χ4n) is 1.84. The molecule has 0 unspecified atom stereocenters. The van der Waals surface area contributed by atoms with Crippen LogP contribution in [0.4, 0.5) is 0 Å². The van der Waals surface area contributed by atoms with E-state index in [-0.39, 0.29) is 16.6 Å². The summed E-state index contributed by atoms with van der Waals surface area (Å²) in [6.07, 6.45) is 0.542. The van der Waals surface area contributed by atoms with Crippen molar-refractivity contribution in [3.8, 4) is 17.6 Å². The Labute approximate surface area is 115 Å². The number of aldehydes is 1. The number of benzene rings is 1. The van der Waals surface area contributed by atoms with Crippen molar-refractivity contribution >= 4 is 6.29 Å². The third-order valence-electron chi connectivity index (χ3n) is 3.05. The molecule has 2 heteroatoms. The monoisotopic (exact) mass is 258 g/mol. The minimum absolute atomic E-state index is 0.0364. The molecule has 0 fully saturated rings. The van der Waals surface area contributed by atoms with Crippen LogP contribution in [0.5, 0.6) is 5.75 Å². The normalized spacial score (nSPS) is 11.7. The van der Waals surface area contributed by atoms with Gasteiger partial charge in [0, 0.05) is 5.56 Å². The quantitative estimate of drug-likeness (QED) is 0.571. The van der Waals surface area contributed by atoms with Crippen molar-refractivity contribution < 1.29 is 9.90 Å². The minimum Gasteiger partial charge on any atom is -0.506 e. The Bertz CT molecular complexity index is 544. The van der Waals surface area contributed by atoms with E-state index in [9.17, 15) is 9.90 Å². The number of phenols is 1. The second-order valence-electron chi connectivity index (χ2n) is 6.81. The minimum atomic E-state index is -0.178. The molecule has 1 aromatic rings. The maximum absolute atomic E-state index is 10.4. The Kier molecular flexibility index (Phi) is 4.10. The van der Waals surface area contributed by atoms with Crippen LogP contribution in [0.1, 0.15) is 58.2 Å². The zero-order valence-electron chi connectivity index (χ0n) is 12.6. The van der Waals surface area contributed by atoms with Crippen LogP contribution in [0.15, 0.2) is 12.1 Å². The van der Waals surface area contributed by atoms with Gasteiger partial charge in [0.25, 0.3) is 0 Å². The molecule has 0 amide bonds. The van der Waals surface area contributed by atoms with Gasteiger partial charge in [-0.2, -0.15) is 0 Å². The molecule has 0 aliphatic heterocycles. The summed E-state index contributed by atoms with van der Waals surface area (Å²) in [5.74, 6) is 5.27. The third kappa shape index (κ3) is 3.61. The van der Waals surface area contributed by atoms with Crippen LogP contribution in [0.2, 0.25) is 0 Å². The summed E-state index contributed by atoms with van der Waals surface area (Å²) in [5.41, 5.74) is 2.26. The van der Waals surface area contributed by atoms with Gasteiger partial charge in [0.15, 0.2) is 6.29 Å². The SMILES string of the molecule is CC(C)(C)c1cc(C#CC=O)c(O)c(C(C)(C)C)c1. The van der Waals surface area contributed by atoms with E-state index in [1.807, 2.05) is 32.9 Å². The predicted molar refractivity (Wildman–Crippen MR) is 78.4 cm³/mol. The zero-order valence-corrected chi connectivity index (χ0v) is 12.6. The molecule has 0 saturated heterocycles. The molecule has 0 atom stereocenters. The Balaban J connectivity index is 3.61. The van der Waals surface area contributed by atoms with E-state index < -0.39 is 0 Å². The number of hydrogen-bond acceptors (Lipinski definition) is 2. The first-order valence-electron chi connectivity index (χ1n) is 6.40. The van der Waals surface area contributed by atoms with Gasteiger partial charge in [-0.05, 0) is 28.4 Å². The topological polar surface area (TPSA) is 37.3 Å². The number of aromatic hydroxyl groups is 1. The molecule has 0 heterocycles. The van der Waals surface area contributed by atoms with Crippen LogP contribution < -0.4 is 0 Å². The first-order chi connectivity index (χ1) is 8.57.